The standard InChI is InChI=1S/C33H40N2O5/c1-23(37)34-19-25-6-3-7-27(16-25)28-8-4-9-29(17-28)33-39-31(20-35-15-5-10-30(35)22-38-2)18-32(40-33)26-13-11-24(21-36)12-14-26/h3-4,6-9,11-14,16-17,30-33,36H,5,10,15,18-22H2,1-2H3,(H,34,37). The summed E-state index contributed by atoms with van der Waals surface area (Å²) in [5.74, 6) is -0.0448. The molecule has 3 aromatic carbocycles. The second kappa shape index (κ2) is 13.5. The molecule has 2 fully saturated rings. The Morgan fingerprint density at radius 1 is 1.00 bits per heavy atom. The maximum Gasteiger partial charge on any atom is 0.217 e. The number of ether oxygens (including phenoxy) is 3. The second-order valence-corrected chi connectivity index (χ2v) is 10.8. The van der Waals surface area contributed by atoms with Crippen molar-refractivity contribution in [2.24, 2.45) is 0 Å². The molecule has 0 bridgehead atoms. The number of likely N-dealkylation sites (tertiary alicyclic amines) is 1. The van der Waals surface area contributed by atoms with Gasteiger partial charge in [-0.1, -0.05) is 60.7 Å². The fourth-order valence-corrected chi connectivity index (χ4v) is 5.76. The van der Waals surface area contributed by atoms with E-state index in [2.05, 4.69) is 52.7 Å². The largest absolute Gasteiger partial charge is 0.392 e. The summed E-state index contributed by atoms with van der Waals surface area (Å²) in [4.78, 5) is 13.9. The van der Waals surface area contributed by atoms with Gasteiger partial charge in [0.05, 0.1) is 25.4 Å². The zero-order valence-electron chi connectivity index (χ0n) is 23.4. The van der Waals surface area contributed by atoms with Gasteiger partial charge in [0.15, 0.2) is 6.29 Å². The van der Waals surface area contributed by atoms with E-state index in [0.717, 1.165) is 65.9 Å². The number of benzene rings is 3. The van der Waals surface area contributed by atoms with E-state index in [1.165, 1.54) is 13.3 Å². The predicted molar refractivity (Wildman–Crippen MR) is 154 cm³/mol. The summed E-state index contributed by atoms with van der Waals surface area (Å²) in [6.07, 6.45) is 2.46. The monoisotopic (exact) mass is 544 g/mol. The molecule has 7 nitrogen and oxygen atoms in total. The van der Waals surface area contributed by atoms with Crippen molar-refractivity contribution in [3.05, 3.63) is 95.1 Å². The molecule has 0 radical (unpaired) electrons. The molecule has 0 saturated carbocycles. The van der Waals surface area contributed by atoms with Crippen LogP contribution in [0.5, 0.6) is 0 Å². The lowest BCUT2D eigenvalue weighted by atomic mass is 9.98. The third-order valence-corrected chi connectivity index (χ3v) is 7.87. The van der Waals surface area contributed by atoms with Gasteiger partial charge in [-0.2, -0.15) is 0 Å². The SMILES string of the molecule is COCC1CCCN1CC1CC(c2ccc(CO)cc2)OC(c2cccc(-c3cccc(CNC(C)=O)c3)c2)O1. The Morgan fingerprint density at radius 2 is 1.77 bits per heavy atom. The van der Waals surface area contributed by atoms with Crippen molar-refractivity contribution < 1.29 is 24.1 Å². The number of aliphatic hydroxyl groups excluding tert-OH is 1. The number of rotatable bonds is 10. The van der Waals surface area contributed by atoms with E-state index >= 15 is 0 Å². The van der Waals surface area contributed by atoms with E-state index in [1.807, 2.05) is 30.3 Å². The van der Waals surface area contributed by atoms with Gasteiger partial charge in [0.1, 0.15) is 0 Å². The Labute approximate surface area is 237 Å². The van der Waals surface area contributed by atoms with Gasteiger partial charge < -0.3 is 24.6 Å². The van der Waals surface area contributed by atoms with Crippen molar-refractivity contribution in [2.75, 3.05) is 26.8 Å². The number of aliphatic hydroxyl groups is 1. The zero-order valence-corrected chi connectivity index (χ0v) is 23.4. The number of amides is 1. The molecule has 2 heterocycles. The van der Waals surface area contributed by atoms with Gasteiger partial charge in [-0.3, -0.25) is 9.69 Å². The first-order chi connectivity index (χ1) is 19.5. The third kappa shape index (κ3) is 7.16. The Balaban J connectivity index is 1.39. The summed E-state index contributed by atoms with van der Waals surface area (Å²) in [6, 6.07) is 25.0. The molecule has 40 heavy (non-hydrogen) atoms. The minimum absolute atomic E-state index is 0.00311. The number of carbonyl (C=O) groups excluding carboxylic acids is 1. The van der Waals surface area contributed by atoms with Crippen molar-refractivity contribution >= 4 is 5.91 Å². The van der Waals surface area contributed by atoms with E-state index in [1.54, 1.807) is 7.11 Å². The molecule has 5 rings (SSSR count). The van der Waals surface area contributed by atoms with Gasteiger partial charge in [-0.15, -0.1) is 0 Å². The van der Waals surface area contributed by atoms with Crippen LogP contribution in [0, 0.1) is 0 Å². The minimum Gasteiger partial charge on any atom is -0.392 e. The molecule has 1 amide bonds. The zero-order chi connectivity index (χ0) is 27.9. The quantitative estimate of drug-likeness (QED) is 0.368. The van der Waals surface area contributed by atoms with Gasteiger partial charge >= 0.3 is 0 Å². The molecular weight excluding hydrogens is 504 g/mol. The summed E-state index contributed by atoms with van der Waals surface area (Å²) in [7, 11) is 1.77. The molecule has 2 N–H and O–H groups in total. The maximum absolute atomic E-state index is 11.4. The van der Waals surface area contributed by atoms with Gasteiger partial charge in [0, 0.05) is 45.1 Å². The Morgan fingerprint density at radius 3 is 2.52 bits per heavy atom. The number of nitrogens with zero attached hydrogens (tertiary/aromatic N) is 1. The fraction of sp³-hybridized carbons (Fsp3) is 0.424. The van der Waals surface area contributed by atoms with E-state index in [4.69, 9.17) is 14.2 Å². The molecule has 2 saturated heterocycles. The summed E-state index contributed by atoms with van der Waals surface area (Å²) in [5, 5.41) is 12.4. The lowest BCUT2D eigenvalue weighted by Crippen LogP contribution is -2.42. The van der Waals surface area contributed by atoms with Crippen molar-refractivity contribution in [3.63, 3.8) is 0 Å². The third-order valence-electron chi connectivity index (χ3n) is 7.87. The summed E-state index contributed by atoms with van der Waals surface area (Å²) < 4.78 is 18.7. The number of hydrogen-bond donors (Lipinski definition) is 2. The highest BCUT2D eigenvalue weighted by molar-refractivity contribution is 5.73. The van der Waals surface area contributed by atoms with E-state index in [9.17, 15) is 9.90 Å². The second-order valence-electron chi connectivity index (χ2n) is 10.8. The summed E-state index contributed by atoms with van der Waals surface area (Å²) >= 11 is 0. The highest BCUT2D eigenvalue weighted by Gasteiger charge is 2.35. The lowest BCUT2D eigenvalue weighted by molar-refractivity contribution is -0.253. The van der Waals surface area contributed by atoms with Crippen molar-refractivity contribution in [2.45, 2.75) is 63.9 Å². The number of methoxy groups -OCH3 is 1. The molecule has 3 aromatic rings. The van der Waals surface area contributed by atoms with E-state index in [-0.39, 0.29) is 24.7 Å². The van der Waals surface area contributed by atoms with Crippen LogP contribution in [0.2, 0.25) is 0 Å². The van der Waals surface area contributed by atoms with Crippen molar-refractivity contribution in [1.82, 2.24) is 10.2 Å². The van der Waals surface area contributed by atoms with Crippen LogP contribution in [0.1, 0.15) is 60.8 Å². The van der Waals surface area contributed by atoms with Crippen LogP contribution in [0.3, 0.4) is 0 Å². The molecule has 2 aliphatic heterocycles. The first-order valence-corrected chi connectivity index (χ1v) is 14.2. The van der Waals surface area contributed by atoms with E-state index < -0.39 is 6.29 Å². The normalized spacial score (nSPS) is 23.3. The maximum atomic E-state index is 11.4. The molecule has 2 aliphatic rings. The molecule has 4 atom stereocenters. The van der Waals surface area contributed by atoms with Crippen LogP contribution in [0.15, 0.2) is 72.8 Å². The fourth-order valence-electron chi connectivity index (χ4n) is 5.76. The van der Waals surface area contributed by atoms with Gasteiger partial charge in [-0.05, 0) is 59.3 Å². The number of carbonyl (C=O) groups is 1. The number of hydrogen-bond acceptors (Lipinski definition) is 6. The van der Waals surface area contributed by atoms with Gasteiger partial charge in [0.25, 0.3) is 0 Å². The average molecular weight is 545 g/mol. The van der Waals surface area contributed by atoms with Crippen LogP contribution in [-0.4, -0.2) is 54.9 Å². The molecule has 4 unspecified atom stereocenters. The summed E-state index contributed by atoms with van der Waals surface area (Å²) in [5.41, 5.74) is 6.14. The van der Waals surface area contributed by atoms with Crippen LogP contribution < -0.4 is 5.32 Å². The Bertz CT molecular complexity index is 1260. The van der Waals surface area contributed by atoms with Crippen LogP contribution in [0.25, 0.3) is 11.1 Å². The van der Waals surface area contributed by atoms with Gasteiger partial charge in [-0.25, -0.2) is 0 Å². The first-order valence-electron chi connectivity index (χ1n) is 14.2. The van der Waals surface area contributed by atoms with Crippen molar-refractivity contribution in [3.8, 4) is 11.1 Å². The lowest BCUT2D eigenvalue weighted by Gasteiger charge is -2.39. The Hall–Kier alpha value is -3.07. The highest BCUT2D eigenvalue weighted by Crippen LogP contribution is 2.39. The molecule has 7 heteroatoms. The smallest absolute Gasteiger partial charge is 0.217 e. The van der Waals surface area contributed by atoms with Gasteiger partial charge in [0.2, 0.25) is 5.91 Å². The Kier molecular flexibility index (Phi) is 9.62. The van der Waals surface area contributed by atoms with Crippen molar-refractivity contribution in [1.29, 1.82) is 0 Å². The van der Waals surface area contributed by atoms with Crippen LogP contribution in [0.4, 0.5) is 0 Å². The van der Waals surface area contributed by atoms with Crippen LogP contribution >= 0.6 is 0 Å². The first kappa shape index (κ1) is 28.5. The summed E-state index contributed by atoms with van der Waals surface area (Å²) in [6.45, 7) is 4.68. The molecule has 0 aliphatic carbocycles. The predicted octanol–water partition coefficient (Wildman–Crippen LogP) is 5.14. The molecule has 0 aromatic heterocycles. The van der Waals surface area contributed by atoms with Crippen LogP contribution in [-0.2, 0) is 32.2 Å². The average Bonchev–Trinajstić information content (AvgIpc) is 3.42. The molecular formula is C33H40N2O5. The highest BCUT2D eigenvalue weighted by atomic mass is 16.7. The minimum atomic E-state index is -0.507. The molecule has 0 spiro atoms. The molecule has 212 valence electrons. The van der Waals surface area contributed by atoms with E-state index in [0.29, 0.717) is 12.6 Å². The number of nitrogens with one attached hydrogen (secondary N) is 1. The topological polar surface area (TPSA) is 80.3 Å².